The van der Waals surface area contributed by atoms with Gasteiger partial charge in [0.05, 0.1) is 12.1 Å². The Labute approximate surface area is 182 Å². The molecule has 1 aromatic carbocycles. The third kappa shape index (κ3) is 2.98. The monoisotopic (exact) mass is 409 g/mol. The van der Waals surface area contributed by atoms with Crippen LogP contribution in [0.15, 0.2) is 29.3 Å². The first-order valence-corrected chi connectivity index (χ1v) is 12.4. The van der Waals surface area contributed by atoms with Crippen LogP contribution in [0.1, 0.15) is 83.6 Å². The van der Waals surface area contributed by atoms with Crippen molar-refractivity contribution in [1.82, 2.24) is 0 Å². The van der Waals surface area contributed by atoms with Gasteiger partial charge in [-0.15, -0.1) is 0 Å². The maximum Gasteiger partial charge on any atom is 0.124 e. The van der Waals surface area contributed by atoms with Crippen molar-refractivity contribution < 1.29 is 10.2 Å². The van der Waals surface area contributed by atoms with Crippen LogP contribution < -0.4 is 0 Å². The molecule has 0 amide bonds. The van der Waals surface area contributed by atoms with E-state index in [4.69, 9.17) is 0 Å². The fraction of sp³-hybridized carbons (Fsp3) is 0.741. The van der Waals surface area contributed by atoms with E-state index in [0.29, 0.717) is 17.9 Å². The number of aliphatic hydroxyl groups is 1. The van der Waals surface area contributed by atoms with Gasteiger partial charge in [-0.2, -0.15) is 0 Å². The number of benzene rings is 1. The number of rotatable bonds is 3. The Morgan fingerprint density at radius 3 is 2.60 bits per heavy atom. The zero-order valence-corrected chi connectivity index (χ0v) is 18.8. The molecule has 0 heterocycles. The minimum absolute atomic E-state index is 0.0257. The van der Waals surface area contributed by atoms with Gasteiger partial charge in [0, 0.05) is 17.2 Å². The summed E-state index contributed by atoms with van der Waals surface area (Å²) >= 11 is 0. The van der Waals surface area contributed by atoms with Crippen molar-refractivity contribution in [3.63, 3.8) is 0 Å². The van der Waals surface area contributed by atoms with Gasteiger partial charge in [-0.3, -0.25) is 4.99 Å². The summed E-state index contributed by atoms with van der Waals surface area (Å²) in [5.41, 5.74) is 0.537. The zero-order chi connectivity index (χ0) is 21.0. The largest absolute Gasteiger partial charge is 0.507 e. The molecular formula is C27H39NO2. The molecule has 0 unspecified atom stereocenters. The van der Waals surface area contributed by atoms with Crippen molar-refractivity contribution in [3.05, 3.63) is 29.8 Å². The summed E-state index contributed by atoms with van der Waals surface area (Å²) in [7, 11) is 0. The van der Waals surface area contributed by atoms with Crippen LogP contribution in [0, 0.1) is 34.5 Å². The molecular weight excluding hydrogens is 370 g/mol. The molecule has 1 aromatic rings. The second kappa shape index (κ2) is 7.36. The molecule has 0 radical (unpaired) electrons. The molecule has 3 heteroatoms. The SMILES string of the molecule is C[C@]12CCCC[C@H]1CC[C@H]1[C@H]3CC[C@](O)(CN=Cc4ccccc4O)[C@@]3(C)CC[C@@H]12. The number of hydrogen-bond donors (Lipinski definition) is 2. The second-order valence-corrected chi connectivity index (χ2v) is 11.5. The second-order valence-electron chi connectivity index (χ2n) is 11.5. The molecule has 30 heavy (non-hydrogen) atoms. The molecule has 7 atom stereocenters. The summed E-state index contributed by atoms with van der Waals surface area (Å²) < 4.78 is 0. The molecule has 0 saturated heterocycles. The van der Waals surface area contributed by atoms with Crippen LogP contribution >= 0.6 is 0 Å². The minimum atomic E-state index is -0.714. The van der Waals surface area contributed by atoms with Gasteiger partial charge in [0.15, 0.2) is 0 Å². The average molecular weight is 410 g/mol. The first kappa shape index (κ1) is 20.5. The fourth-order valence-electron chi connectivity index (χ4n) is 8.56. The minimum Gasteiger partial charge on any atom is -0.507 e. The zero-order valence-electron chi connectivity index (χ0n) is 18.8. The number of phenols is 1. The Kier molecular flexibility index (Phi) is 5.04. The third-order valence-corrected chi connectivity index (χ3v) is 10.4. The highest BCUT2D eigenvalue weighted by Crippen LogP contribution is 2.68. The van der Waals surface area contributed by atoms with E-state index in [2.05, 4.69) is 18.8 Å². The van der Waals surface area contributed by atoms with Crippen molar-refractivity contribution in [1.29, 1.82) is 0 Å². The maximum atomic E-state index is 11.8. The smallest absolute Gasteiger partial charge is 0.124 e. The maximum absolute atomic E-state index is 11.8. The fourth-order valence-corrected chi connectivity index (χ4v) is 8.56. The van der Waals surface area contributed by atoms with Gasteiger partial charge in [0.2, 0.25) is 0 Å². The Bertz CT molecular complexity index is 821. The molecule has 164 valence electrons. The molecule has 0 aromatic heterocycles. The number of para-hydroxylation sites is 1. The molecule has 4 aliphatic rings. The van der Waals surface area contributed by atoms with Crippen molar-refractivity contribution in [2.24, 2.45) is 39.5 Å². The van der Waals surface area contributed by atoms with Crippen molar-refractivity contribution in [2.75, 3.05) is 6.54 Å². The lowest BCUT2D eigenvalue weighted by Crippen LogP contribution is -2.56. The molecule has 5 rings (SSSR count). The van der Waals surface area contributed by atoms with Crippen LogP contribution in [0.5, 0.6) is 5.75 Å². The molecule has 3 nitrogen and oxygen atoms in total. The lowest BCUT2D eigenvalue weighted by Gasteiger charge is -2.61. The number of aliphatic imine (C=N–C) groups is 1. The summed E-state index contributed by atoms with van der Waals surface area (Å²) in [5.74, 6) is 3.49. The van der Waals surface area contributed by atoms with E-state index in [0.717, 1.165) is 42.6 Å². The highest BCUT2D eigenvalue weighted by Gasteiger charge is 2.64. The van der Waals surface area contributed by atoms with E-state index < -0.39 is 5.60 Å². The summed E-state index contributed by atoms with van der Waals surface area (Å²) in [6.45, 7) is 5.44. The van der Waals surface area contributed by atoms with Crippen molar-refractivity contribution in [2.45, 2.75) is 83.7 Å². The number of nitrogens with zero attached hydrogens (tertiary/aromatic N) is 1. The predicted octanol–water partition coefficient (Wildman–Crippen LogP) is 5.98. The van der Waals surface area contributed by atoms with Crippen molar-refractivity contribution >= 4 is 6.21 Å². The Hall–Kier alpha value is -1.35. The summed E-state index contributed by atoms with van der Waals surface area (Å²) in [5, 5.41) is 21.8. The average Bonchev–Trinajstić information content (AvgIpc) is 3.00. The van der Waals surface area contributed by atoms with Crippen LogP contribution in [-0.2, 0) is 0 Å². The summed E-state index contributed by atoms with van der Waals surface area (Å²) in [4.78, 5) is 4.64. The first-order valence-electron chi connectivity index (χ1n) is 12.4. The van der Waals surface area contributed by atoms with Crippen LogP contribution in [-0.4, -0.2) is 28.6 Å². The quantitative estimate of drug-likeness (QED) is 0.604. The normalized spacial score (nSPS) is 45.7. The summed E-state index contributed by atoms with van der Waals surface area (Å²) in [6.07, 6.45) is 14.7. The van der Waals surface area contributed by atoms with Gasteiger partial charge in [0.25, 0.3) is 0 Å². The van der Waals surface area contributed by atoms with Gasteiger partial charge in [0.1, 0.15) is 5.75 Å². The highest BCUT2D eigenvalue weighted by atomic mass is 16.3. The number of aromatic hydroxyl groups is 1. The predicted molar refractivity (Wildman–Crippen MR) is 122 cm³/mol. The van der Waals surface area contributed by atoms with Crippen LogP contribution in [0.2, 0.25) is 0 Å². The van der Waals surface area contributed by atoms with Crippen LogP contribution in [0.25, 0.3) is 0 Å². The molecule has 0 aliphatic heterocycles. The van der Waals surface area contributed by atoms with Gasteiger partial charge in [-0.25, -0.2) is 0 Å². The number of phenolic OH excluding ortho intramolecular Hbond substituents is 1. The van der Waals surface area contributed by atoms with Crippen LogP contribution in [0.3, 0.4) is 0 Å². The topological polar surface area (TPSA) is 52.8 Å². The van der Waals surface area contributed by atoms with E-state index in [-0.39, 0.29) is 11.2 Å². The lowest BCUT2D eigenvalue weighted by atomic mass is 9.44. The Morgan fingerprint density at radius 1 is 0.967 bits per heavy atom. The Balaban J connectivity index is 1.35. The van der Waals surface area contributed by atoms with E-state index in [1.807, 2.05) is 18.2 Å². The van der Waals surface area contributed by atoms with E-state index >= 15 is 0 Å². The van der Waals surface area contributed by atoms with Gasteiger partial charge < -0.3 is 10.2 Å². The molecule has 0 spiro atoms. The van der Waals surface area contributed by atoms with Crippen LogP contribution in [0.4, 0.5) is 0 Å². The van der Waals surface area contributed by atoms with E-state index in [1.54, 1.807) is 12.3 Å². The molecule has 4 fully saturated rings. The van der Waals surface area contributed by atoms with E-state index in [9.17, 15) is 10.2 Å². The molecule has 0 bridgehead atoms. The van der Waals surface area contributed by atoms with Crippen molar-refractivity contribution in [3.8, 4) is 5.75 Å². The van der Waals surface area contributed by atoms with E-state index in [1.165, 1.54) is 44.9 Å². The van der Waals surface area contributed by atoms with Gasteiger partial charge in [-0.1, -0.05) is 38.8 Å². The number of hydrogen-bond acceptors (Lipinski definition) is 3. The first-order chi connectivity index (χ1) is 14.4. The highest BCUT2D eigenvalue weighted by molar-refractivity contribution is 5.83. The number of fused-ring (bicyclic) bond motifs is 5. The molecule has 4 saturated carbocycles. The lowest BCUT2D eigenvalue weighted by molar-refractivity contribution is -0.147. The standard InChI is InChI=1S/C27H39NO2/c1-25-14-6-5-8-20(25)10-11-21-22(25)12-15-26(2)23(21)13-16-27(26,30)18-28-17-19-7-3-4-9-24(19)29/h3-4,7,9,17,20-23,29-30H,5-6,8,10-16,18H2,1-2H3/t20-,21+,22-,23+,25-,26-,27-/m0/s1. The Morgan fingerprint density at radius 2 is 1.77 bits per heavy atom. The van der Waals surface area contributed by atoms with Gasteiger partial charge >= 0.3 is 0 Å². The molecule has 4 aliphatic carbocycles. The van der Waals surface area contributed by atoms with Gasteiger partial charge in [-0.05, 0) is 92.6 Å². The molecule has 2 N–H and O–H groups in total. The summed E-state index contributed by atoms with van der Waals surface area (Å²) in [6, 6.07) is 7.29. The third-order valence-electron chi connectivity index (χ3n) is 10.4.